The van der Waals surface area contributed by atoms with Crippen LogP contribution in [-0.4, -0.2) is 15.0 Å². The van der Waals surface area contributed by atoms with Gasteiger partial charge in [-0.05, 0) is 29.8 Å². The van der Waals surface area contributed by atoms with Crippen molar-refractivity contribution in [2.24, 2.45) is 0 Å². The maximum Gasteiger partial charge on any atom is 0.113 e. The summed E-state index contributed by atoms with van der Waals surface area (Å²) < 4.78 is 3.00. The van der Waals surface area contributed by atoms with Crippen molar-refractivity contribution in [1.82, 2.24) is 15.0 Å². The first-order chi connectivity index (χ1) is 8.33. The predicted octanol–water partition coefficient (Wildman–Crippen LogP) is 3.24. The zero-order valence-electron chi connectivity index (χ0n) is 9.05. The van der Waals surface area contributed by atoms with Crippen molar-refractivity contribution >= 4 is 27.0 Å². The van der Waals surface area contributed by atoms with Crippen LogP contribution in [0.25, 0.3) is 11.0 Å². The lowest BCUT2D eigenvalue weighted by Crippen LogP contribution is -2.01. The minimum atomic E-state index is 0.736. The van der Waals surface area contributed by atoms with E-state index in [1.807, 2.05) is 41.1 Å². The van der Waals surface area contributed by atoms with E-state index >= 15 is 0 Å². The molecule has 0 radical (unpaired) electrons. The van der Waals surface area contributed by atoms with Crippen LogP contribution in [0, 0.1) is 0 Å². The molecule has 0 amide bonds. The van der Waals surface area contributed by atoms with Crippen LogP contribution in [0.5, 0.6) is 0 Å². The van der Waals surface area contributed by atoms with Crippen LogP contribution in [0.4, 0.5) is 0 Å². The highest BCUT2D eigenvalue weighted by Gasteiger charge is 2.03. The van der Waals surface area contributed by atoms with Crippen molar-refractivity contribution < 1.29 is 0 Å². The average molecular weight is 288 g/mol. The molecule has 2 aromatic carbocycles. The van der Waals surface area contributed by atoms with E-state index in [4.69, 9.17) is 0 Å². The van der Waals surface area contributed by atoms with Crippen LogP contribution in [0.3, 0.4) is 0 Å². The number of rotatable bonds is 2. The summed E-state index contributed by atoms with van der Waals surface area (Å²) in [4.78, 5) is 0. The average Bonchev–Trinajstić information content (AvgIpc) is 2.73. The molecule has 84 valence electrons. The Kier molecular flexibility index (Phi) is 2.65. The van der Waals surface area contributed by atoms with Gasteiger partial charge in [0, 0.05) is 4.47 Å². The van der Waals surface area contributed by atoms with Gasteiger partial charge in [0.1, 0.15) is 5.52 Å². The molecule has 1 aromatic heterocycles. The first kappa shape index (κ1) is 10.5. The van der Waals surface area contributed by atoms with Crippen LogP contribution >= 0.6 is 15.9 Å². The molecule has 0 aliphatic rings. The number of benzene rings is 2. The number of hydrogen-bond donors (Lipinski definition) is 0. The van der Waals surface area contributed by atoms with Gasteiger partial charge in [-0.1, -0.05) is 45.4 Å². The maximum absolute atomic E-state index is 4.17. The Morgan fingerprint density at radius 1 is 1.06 bits per heavy atom. The van der Waals surface area contributed by atoms with Crippen LogP contribution < -0.4 is 0 Å². The van der Waals surface area contributed by atoms with E-state index in [0.29, 0.717) is 0 Å². The van der Waals surface area contributed by atoms with Crippen molar-refractivity contribution in [2.45, 2.75) is 6.54 Å². The number of nitrogens with zero attached hydrogens (tertiary/aromatic N) is 3. The maximum atomic E-state index is 4.17. The molecule has 0 fully saturated rings. The van der Waals surface area contributed by atoms with Gasteiger partial charge >= 0.3 is 0 Å². The fourth-order valence-corrected chi connectivity index (χ4v) is 2.29. The molecule has 3 rings (SSSR count). The van der Waals surface area contributed by atoms with Gasteiger partial charge in [-0.3, -0.25) is 0 Å². The SMILES string of the molecule is Brc1cccc(Cn2nnc3ccccc32)c1. The molecule has 0 spiro atoms. The third-order valence-electron chi connectivity index (χ3n) is 2.64. The van der Waals surface area contributed by atoms with Crippen LogP contribution in [0.15, 0.2) is 53.0 Å². The molecule has 0 atom stereocenters. The number of fused-ring (bicyclic) bond motifs is 1. The molecule has 0 aliphatic carbocycles. The van der Waals surface area contributed by atoms with Gasteiger partial charge in [0.2, 0.25) is 0 Å². The quantitative estimate of drug-likeness (QED) is 0.724. The van der Waals surface area contributed by atoms with Gasteiger partial charge in [-0.15, -0.1) is 5.10 Å². The zero-order chi connectivity index (χ0) is 11.7. The van der Waals surface area contributed by atoms with E-state index in [2.05, 4.69) is 38.4 Å². The summed E-state index contributed by atoms with van der Waals surface area (Å²) in [6.45, 7) is 0.736. The molecule has 0 saturated heterocycles. The summed E-state index contributed by atoms with van der Waals surface area (Å²) in [6, 6.07) is 16.2. The van der Waals surface area contributed by atoms with Crippen LogP contribution in [-0.2, 0) is 6.54 Å². The second-order valence-electron chi connectivity index (χ2n) is 3.87. The molecule has 3 aromatic rings. The van der Waals surface area contributed by atoms with E-state index in [1.165, 1.54) is 5.56 Å². The lowest BCUT2D eigenvalue weighted by Gasteiger charge is -2.02. The number of para-hydroxylation sites is 1. The molecule has 17 heavy (non-hydrogen) atoms. The largest absolute Gasteiger partial charge is 0.240 e. The Balaban J connectivity index is 2.00. The van der Waals surface area contributed by atoms with Crippen molar-refractivity contribution in [2.75, 3.05) is 0 Å². The van der Waals surface area contributed by atoms with E-state index in [0.717, 1.165) is 22.1 Å². The lowest BCUT2D eigenvalue weighted by atomic mass is 10.2. The van der Waals surface area contributed by atoms with Gasteiger partial charge in [0.25, 0.3) is 0 Å². The van der Waals surface area contributed by atoms with Crippen molar-refractivity contribution in [3.63, 3.8) is 0 Å². The summed E-state index contributed by atoms with van der Waals surface area (Å²) in [7, 11) is 0. The Labute approximate surface area is 107 Å². The Morgan fingerprint density at radius 2 is 1.94 bits per heavy atom. The van der Waals surface area contributed by atoms with Gasteiger partial charge < -0.3 is 0 Å². The topological polar surface area (TPSA) is 30.7 Å². The smallest absolute Gasteiger partial charge is 0.113 e. The number of halogens is 1. The first-order valence-corrected chi connectivity index (χ1v) is 6.15. The molecular formula is C13H10BrN3. The Hall–Kier alpha value is -1.68. The van der Waals surface area contributed by atoms with E-state index in [9.17, 15) is 0 Å². The minimum absolute atomic E-state index is 0.736. The standard InChI is InChI=1S/C13H10BrN3/c14-11-5-3-4-10(8-11)9-17-13-7-2-1-6-12(13)15-16-17/h1-8H,9H2. The molecule has 3 nitrogen and oxygen atoms in total. The molecule has 1 heterocycles. The summed E-state index contributed by atoms with van der Waals surface area (Å²) in [5, 5.41) is 8.31. The molecular weight excluding hydrogens is 278 g/mol. The molecule has 0 aliphatic heterocycles. The monoisotopic (exact) mass is 287 g/mol. The minimum Gasteiger partial charge on any atom is -0.240 e. The van der Waals surface area contributed by atoms with Crippen LogP contribution in [0.1, 0.15) is 5.56 Å². The lowest BCUT2D eigenvalue weighted by molar-refractivity contribution is 0.669. The third kappa shape index (κ3) is 2.08. The summed E-state index contributed by atoms with van der Waals surface area (Å²) >= 11 is 3.47. The Morgan fingerprint density at radius 3 is 2.82 bits per heavy atom. The van der Waals surface area contributed by atoms with Crippen molar-refractivity contribution in [3.05, 3.63) is 58.6 Å². The highest BCUT2D eigenvalue weighted by Crippen LogP contribution is 2.15. The third-order valence-corrected chi connectivity index (χ3v) is 3.13. The van der Waals surface area contributed by atoms with Crippen molar-refractivity contribution in [3.8, 4) is 0 Å². The highest BCUT2D eigenvalue weighted by atomic mass is 79.9. The van der Waals surface area contributed by atoms with Gasteiger partial charge in [-0.2, -0.15) is 0 Å². The Bertz CT molecular complexity index is 660. The molecule has 0 N–H and O–H groups in total. The fraction of sp³-hybridized carbons (Fsp3) is 0.0769. The second kappa shape index (κ2) is 4.30. The van der Waals surface area contributed by atoms with Gasteiger partial charge in [0.15, 0.2) is 0 Å². The first-order valence-electron chi connectivity index (χ1n) is 5.35. The number of aromatic nitrogens is 3. The normalized spacial score (nSPS) is 10.9. The van der Waals surface area contributed by atoms with Crippen LogP contribution in [0.2, 0.25) is 0 Å². The predicted molar refractivity (Wildman–Crippen MR) is 70.8 cm³/mol. The molecule has 0 unspecified atom stereocenters. The van der Waals surface area contributed by atoms with Gasteiger partial charge in [0.05, 0.1) is 12.1 Å². The fourth-order valence-electron chi connectivity index (χ4n) is 1.84. The summed E-state index contributed by atoms with van der Waals surface area (Å²) in [6.07, 6.45) is 0. The van der Waals surface area contributed by atoms with E-state index < -0.39 is 0 Å². The second-order valence-corrected chi connectivity index (χ2v) is 4.78. The molecule has 0 saturated carbocycles. The molecule has 4 heteroatoms. The summed E-state index contributed by atoms with van der Waals surface area (Å²) in [5.41, 5.74) is 3.20. The van der Waals surface area contributed by atoms with Crippen molar-refractivity contribution in [1.29, 1.82) is 0 Å². The molecule has 0 bridgehead atoms. The summed E-state index contributed by atoms with van der Waals surface area (Å²) in [5.74, 6) is 0. The van der Waals surface area contributed by atoms with E-state index in [1.54, 1.807) is 0 Å². The zero-order valence-corrected chi connectivity index (χ0v) is 10.6. The highest BCUT2D eigenvalue weighted by molar-refractivity contribution is 9.10. The van der Waals surface area contributed by atoms with Gasteiger partial charge in [-0.25, -0.2) is 4.68 Å². The number of hydrogen-bond acceptors (Lipinski definition) is 2. The van der Waals surface area contributed by atoms with E-state index in [-0.39, 0.29) is 0 Å².